The maximum absolute atomic E-state index is 10.7. The van der Waals surface area contributed by atoms with E-state index in [1.54, 1.807) is 0 Å². The lowest BCUT2D eigenvalue weighted by Gasteiger charge is -2.16. The van der Waals surface area contributed by atoms with Gasteiger partial charge in [-0.3, -0.25) is 0 Å². The molecule has 0 heterocycles. The molecule has 0 aromatic rings. The Labute approximate surface area is 93.4 Å². The molecule has 0 aromatic carbocycles. The smallest absolute Gasteiger partial charge is 0.330 e. The van der Waals surface area contributed by atoms with E-state index in [0.29, 0.717) is 19.8 Å². The average molecular weight is 232 g/mol. The van der Waals surface area contributed by atoms with Crippen LogP contribution in [0, 0.1) is 0 Å². The van der Waals surface area contributed by atoms with Gasteiger partial charge in [-0.05, 0) is 19.9 Å². The van der Waals surface area contributed by atoms with Gasteiger partial charge in [0.25, 0.3) is 0 Å². The summed E-state index contributed by atoms with van der Waals surface area (Å²) in [4.78, 5) is 10.7. The van der Waals surface area contributed by atoms with Gasteiger partial charge in [-0.1, -0.05) is 6.58 Å². The molecular formula is C10H20O4Si. The topological polar surface area (TPSA) is 44.8 Å². The van der Waals surface area contributed by atoms with Crippen LogP contribution in [0.25, 0.3) is 0 Å². The van der Waals surface area contributed by atoms with Crippen molar-refractivity contribution in [1.29, 1.82) is 0 Å². The first-order valence-corrected chi connectivity index (χ1v) is 7.08. The van der Waals surface area contributed by atoms with E-state index >= 15 is 0 Å². The van der Waals surface area contributed by atoms with E-state index in [-0.39, 0.29) is 11.9 Å². The first kappa shape index (κ1) is 14.3. The lowest BCUT2D eigenvalue weighted by atomic mass is 10.6. The van der Waals surface area contributed by atoms with Crippen LogP contribution in [-0.4, -0.2) is 41.2 Å². The highest BCUT2D eigenvalue weighted by Gasteiger charge is 2.08. The minimum absolute atomic E-state index is 0.0533. The van der Waals surface area contributed by atoms with E-state index in [9.17, 15) is 4.79 Å². The van der Waals surface area contributed by atoms with Crippen LogP contribution in [0.4, 0.5) is 0 Å². The maximum atomic E-state index is 10.7. The third-order valence-corrected chi connectivity index (χ3v) is 3.34. The van der Waals surface area contributed by atoms with E-state index < -0.39 is 9.52 Å². The van der Waals surface area contributed by atoms with Crippen molar-refractivity contribution in [3.8, 4) is 0 Å². The summed E-state index contributed by atoms with van der Waals surface area (Å²) >= 11 is 0. The highest BCUT2D eigenvalue weighted by molar-refractivity contribution is 6.36. The molecule has 0 rings (SSSR count). The highest BCUT2D eigenvalue weighted by Crippen LogP contribution is 1.97. The monoisotopic (exact) mass is 232 g/mol. The van der Waals surface area contributed by atoms with Crippen LogP contribution in [0.1, 0.15) is 13.8 Å². The molecule has 15 heavy (non-hydrogen) atoms. The molecule has 5 heteroatoms. The first-order valence-electron chi connectivity index (χ1n) is 5.27. The predicted octanol–water partition coefficient (Wildman–Crippen LogP) is 0.659. The molecule has 0 saturated heterocycles. The van der Waals surface area contributed by atoms with Crippen LogP contribution >= 0.6 is 0 Å². The third-order valence-electron chi connectivity index (χ3n) is 1.70. The largest absolute Gasteiger partial charge is 0.463 e. The SMILES string of the molecule is C=CC(=O)OCC[SiH2]C(OCC)OCC. The Morgan fingerprint density at radius 3 is 2.47 bits per heavy atom. The molecule has 0 aliphatic rings. The molecule has 4 nitrogen and oxygen atoms in total. The predicted molar refractivity (Wildman–Crippen MR) is 61.5 cm³/mol. The lowest BCUT2D eigenvalue weighted by molar-refractivity contribution is -0.137. The van der Waals surface area contributed by atoms with Crippen molar-refractivity contribution >= 4 is 15.5 Å². The second-order valence-electron chi connectivity index (χ2n) is 2.85. The molecule has 0 aliphatic carbocycles. The molecule has 0 unspecified atom stereocenters. The summed E-state index contributed by atoms with van der Waals surface area (Å²) in [5, 5.41) is 0. The van der Waals surface area contributed by atoms with Crippen molar-refractivity contribution in [2.24, 2.45) is 0 Å². The Kier molecular flexibility index (Phi) is 9.45. The Balaban J connectivity index is 3.52. The van der Waals surface area contributed by atoms with Gasteiger partial charge >= 0.3 is 5.97 Å². The zero-order chi connectivity index (χ0) is 11.5. The van der Waals surface area contributed by atoms with Crippen LogP contribution in [-0.2, 0) is 19.0 Å². The van der Waals surface area contributed by atoms with Crippen molar-refractivity contribution in [1.82, 2.24) is 0 Å². The molecule has 0 amide bonds. The minimum atomic E-state index is -0.503. The van der Waals surface area contributed by atoms with Gasteiger partial charge in [-0.15, -0.1) is 0 Å². The van der Waals surface area contributed by atoms with Crippen molar-refractivity contribution < 1.29 is 19.0 Å². The summed E-state index contributed by atoms with van der Waals surface area (Å²) in [7, 11) is -0.503. The number of hydrogen-bond acceptors (Lipinski definition) is 4. The summed E-state index contributed by atoms with van der Waals surface area (Å²) in [6, 6.07) is 0.865. The number of carbonyl (C=O) groups excluding carboxylic acids is 1. The molecule has 0 atom stereocenters. The molecule has 0 aromatic heterocycles. The van der Waals surface area contributed by atoms with E-state index in [1.165, 1.54) is 6.08 Å². The zero-order valence-corrected chi connectivity index (χ0v) is 10.9. The Bertz CT molecular complexity index is 178. The fourth-order valence-corrected chi connectivity index (χ4v) is 2.52. The van der Waals surface area contributed by atoms with Gasteiger partial charge in [-0.2, -0.15) is 0 Å². The Hall–Kier alpha value is -0.653. The number of esters is 1. The standard InChI is InChI=1S/C10H20O4Si/c1-4-9(11)14-7-8-15-10(12-5-2)13-6-3/h4,10H,1,5-8,15H2,2-3H3. The van der Waals surface area contributed by atoms with E-state index in [1.807, 2.05) is 13.8 Å². The first-order chi connectivity index (χ1) is 7.24. The molecule has 0 radical (unpaired) electrons. The minimum Gasteiger partial charge on any atom is -0.463 e. The van der Waals surface area contributed by atoms with Gasteiger partial charge in [0, 0.05) is 19.3 Å². The molecule has 0 bridgehead atoms. The summed E-state index contributed by atoms with van der Waals surface area (Å²) in [6.45, 7) is 8.96. The maximum Gasteiger partial charge on any atom is 0.330 e. The van der Waals surface area contributed by atoms with Crippen molar-refractivity contribution in [3.05, 3.63) is 12.7 Å². The number of hydrogen-bond donors (Lipinski definition) is 0. The van der Waals surface area contributed by atoms with Crippen LogP contribution in [0.3, 0.4) is 0 Å². The fourth-order valence-electron chi connectivity index (χ4n) is 1.07. The van der Waals surface area contributed by atoms with E-state index in [0.717, 1.165) is 6.04 Å². The lowest BCUT2D eigenvalue weighted by Crippen LogP contribution is -2.25. The van der Waals surface area contributed by atoms with Crippen molar-refractivity contribution in [3.63, 3.8) is 0 Å². The zero-order valence-electron chi connectivity index (χ0n) is 9.53. The Morgan fingerprint density at radius 2 is 2.00 bits per heavy atom. The summed E-state index contributed by atoms with van der Waals surface area (Å²) in [5.41, 5.74) is 0. The molecule has 0 aliphatic heterocycles. The molecule has 0 spiro atoms. The summed E-state index contributed by atoms with van der Waals surface area (Å²) in [5.74, 6) is -0.421. The molecule has 88 valence electrons. The highest BCUT2D eigenvalue weighted by atomic mass is 28.2. The van der Waals surface area contributed by atoms with Gasteiger partial charge < -0.3 is 14.2 Å². The molecule has 0 saturated carbocycles. The van der Waals surface area contributed by atoms with Gasteiger partial charge in [0.05, 0.1) is 16.1 Å². The normalized spacial score (nSPS) is 11.1. The van der Waals surface area contributed by atoms with Crippen LogP contribution in [0.2, 0.25) is 6.04 Å². The molecule has 0 N–H and O–H groups in total. The number of ether oxygens (including phenoxy) is 3. The average Bonchev–Trinajstić information content (AvgIpc) is 2.24. The second-order valence-corrected chi connectivity index (χ2v) is 4.81. The van der Waals surface area contributed by atoms with Gasteiger partial charge in [-0.25, -0.2) is 4.79 Å². The van der Waals surface area contributed by atoms with Crippen molar-refractivity contribution in [2.45, 2.75) is 25.8 Å². The second kappa shape index (κ2) is 9.89. The van der Waals surface area contributed by atoms with Crippen LogP contribution in [0.5, 0.6) is 0 Å². The van der Waals surface area contributed by atoms with Crippen LogP contribution < -0.4 is 0 Å². The molecule has 0 fully saturated rings. The van der Waals surface area contributed by atoms with E-state index in [2.05, 4.69) is 6.58 Å². The van der Waals surface area contributed by atoms with Crippen molar-refractivity contribution in [2.75, 3.05) is 19.8 Å². The van der Waals surface area contributed by atoms with Gasteiger partial charge in [0.1, 0.15) is 5.91 Å². The van der Waals surface area contributed by atoms with Gasteiger partial charge in [0.2, 0.25) is 0 Å². The quantitative estimate of drug-likeness (QED) is 0.193. The van der Waals surface area contributed by atoms with Gasteiger partial charge in [0.15, 0.2) is 0 Å². The summed E-state index contributed by atoms with van der Waals surface area (Å²) < 4.78 is 15.7. The number of carbonyl (C=O) groups is 1. The molecular weight excluding hydrogens is 212 g/mol. The number of rotatable bonds is 9. The Morgan fingerprint density at radius 1 is 1.40 bits per heavy atom. The summed E-state index contributed by atoms with van der Waals surface area (Å²) in [6.07, 6.45) is 1.17. The third kappa shape index (κ3) is 8.35. The van der Waals surface area contributed by atoms with Crippen LogP contribution in [0.15, 0.2) is 12.7 Å². The van der Waals surface area contributed by atoms with E-state index in [4.69, 9.17) is 14.2 Å². The fraction of sp³-hybridized carbons (Fsp3) is 0.700.